The molecule has 0 aliphatic carbocycles. The van der Waals surface area contributed by atoms with E-state index in [9.17, 15) is 14.0 Å². The first-order valence-corrected chi connectivity index (χ1v) is 10.0. The molecule has 1 N–H and O–H groups in total. The number of amides is 2. The van der Waals surface area contributed by atoms with E-state index in [1.165, 1.54) is 54.6 Å². The molecule has 5 nitrogen and oxygen atoms in total. The molecular weight excluding hydrogens is 369 g/mol. The number of benzene rings is 2. The lowest BCUT2D eigenvalue weighted by molar-refractivity contribution is -0.137. The minimum atomic E-state index is -0.682. The van der Waals surface area contributed by atoms with Crippen LogP contribution in [-0.2, 0) is 22.7 Å². The second-order valence-electron chi connectivity index (χ2n) is 7.77. The van der Waals surface area contributed by atoms with Gasteiger partial charge in [-0.2, -0.15) is 0 Å². The van der Waals surface area contributed by atoms with Crippen LogP contribution in [0.1, 0.15) is 30.9 Å². The molecule has 0 radical (unpaired) electrons. The Balaban J connectivity index is 1.59. The highest BCUT2D eigenvalue weighted by atomic mass is 19.1. The molecule has 1 saturated heterocycles. The highest BCUT2D eigenvalue weighted by molar-refractivity contribution is 6.40. The molecule has 0 spiro atoms. The Bertz CT molecular complexity index is 853. The second-order valence-corrected chi connectivity index (χ2v) is 7.77. The maximum atomic E-state index is 13.1. The number of piperidine rings is 1. The van der Waals surface area contributed by atoms with Gasteiger partial charge >= 0.3 is 11.8 Å². The maximum absolute atomic E-state index is 13.1. The molecule has 29 heavy (non-hydrogen) atoms. The Morgan fingerprint density at radius 1 is 1.14 bits per heavy atom. The van der Waals surface area contributed by atoms with E-state index in [4.69, 9.17) is 0 Å². The number of hydrogen-bond acceptors (Lipinski definition) is 3. The molecule has 1 heterocycles. The lowest BCUT2D eigenvalue weighted by atomic mass is 9.99. The first-order valence-electron chi connectivity index (χ1n) is 10.0. The van der Waals surface area contributed by atoms with Gasteiger partial charge in [0.2, 0.25) is 0 Å². The van der Waals surface area contributed by atoms with Crippen LogP contribution < -0.4 is 10.2 Å². The largest absolute Gasteiger partial charge is 0.344 e. The predicted molar refractivity (Wildman–Crippen MR) is 112 cm³/mol. The Morgan fingerprint density at radius 2 is 1.83 bits per heavy atom. The van der Waals surface area contributed by atoms with Gasteiger partial charge in [0.15, 0.2) is 0 Å². The second kappa shape index (κ2) is 9.65. The number of nitrogens with zero attached hydrogens (tertiary/aromatic N) is 2. The highest BCUT2D eigenvalue weighted by Gasteiger charge is 2.21. The third-order valence-electron chi connectivity index (χ3n) is 5.41. The summed E-state index contributed by atoms with van der Waals surface area (Å²) in [7, 11) is 1.50. The molecule has 2 aromatic rings. The molecule has 1 aliphatic rings. The number of carbonyl (C=O) groups excluding carboxylic acids is 2. The van der Waals surface area contributed by atoms with Gasteiger partial charge in [0.25, 0.3) is 0 Å². The van der Waals surface area contributed by atoms with Gasteiger partial charge in [0, 0.05) is 32.4 Å². The van der Waals surface area contributed by atoms with Gasteiger partial charge in [-0.25, -0.2) is 4.39 Å². The van der Waals surface area contributed by atoms with E-state index in [0.717, 1.165) is 25.2 Å². The van der Waals surface area contributed by atoms with Gasteiger partial charge < -0.3 is 10.2 Å². The molecule has 1 aliphatic heterocycles. The first-order chi connectivity index (χ1) is 13.9. The fourth-order valence-electron chi connectivity index (χ4n) is 3.74. The van der Waals surface area contributed by atoms with Gasteiger partial charge in [-0.15, -0.1) is 0 Å². The van der Waals surface area contributed by atoms with Crippen LogP contribution in [0.4, 0.5) is 10.1 Å². The molecule has 154 valence electrons. The Hall–Kier alpha value is -2.73. The molecule has 2 aromatic carbocycles. The summed E-state index contributed by atoms with van der Waals surface area (Å²) in [5.41, 5.74) is 2.64. The number of anilines is 1. The van der Waals surface area contributed by atoms with Crippen LogP contribution >= 0.6 is 0 Å². The van der Waals surface area contributed by atoms with Gasteiger partial charge in [0.05, 0.1) is 0 Å². The molecule has 1 atom stereocenters. The average Bonchev–Trinajstić information content (AvgIpc) is 2.72. The van der Waals surface area contributed by atoms with Crippen molar-refractivity contribution < 1.29 is 14.0 Å². The van der Waals surface area contributed by atoms with E-state index >= 15 is 0 Å². The van der Waals surface area contributed by atoms with Crippen molar-refractivity contribution in [1.29, 1.82) is 0 Å². The van der Waals surface area contributed by atoms with E-state index in [1.807, 2.05) is 18.2 Å². The number of rotatable bonds is 5. The SMILES string of the molecule is CC1CCCN(Cc2ccccc2CNC(=O)C(=O)N(C)c2ccc(F)cc2)C1. The normalized spacial score (nSPS) is 17.0. The van der Waals surface area contributed by atoms with Gasteiger partial charge in [-0.3, -0.25) is 14.5 Å². The van der Waals surface area contributed by atoms with Gasteiger partial charge in [-0.1, -0.05) is 31.2 Å². The van der Waals surface area contributed by atoms with Crippen LogP contribution in [0.3, 0.4) is 0 Å². The Kier molecular flexibility index (Phi) is 6.99. The molecule has 2 amide bonds. The molecule has 0 aromatic heterocycles. The van der Waals surface area contributed by atoms with Crippen molar-refractivity contribution >= 4 is 17.5 Å². The summed E-state index contributed by atoms with van der Waals surface area (Å²) in [6.07, 6.45) is 2.49. The number of nitrogens with one attached hydrogen (secondary N) is 1. The summed E-state index contributed by atoms with van der Waals surface area (Å²) in [5.74, 6) is -1.05. The zero-order valence-corrected chi connectivity index (χ0v) is 17.0. The molecular formula is C23H28FN3O2. The molecule has 6 heteroatoms. The zero-order chi connectivity index (χ0) is 20.8. The monoisotopic (exact) mass is 397 g/mol. The third kappa shape index (κ3) is 5.64. The minimum Gasteiger partial charge on any atom is -0.344 e. The van der Waals surface area contributed by atoms with Crippen molar-refractivity contribution in [2.45, 2.75) is 32.9 Å². The summed E-state index contributed by atoms with van der Waals surface area (Å²) in [4.78, 5) is 28.4. The van der Waals surface area contributed by atoms with Crippen LogP contribution in [-0.4, -0.2) is 36.9 Å². The summed E-state index contributed by atoms with van der Waals surface area (Å²) in [5, 5.41) is 2.72. The van der Waals surface area contributed by atoms with Crippen molar-refractivity contribution in [2.75, 3.05) is 25.0 Å². The van der Waals surface area contributed by atoms with E-state index in [-0.39, 0.29) is 0 Å². The Labute approximate surface area is 171 Å². The summed E-state index contributed by atoms with van der Waals surface area (Å²) in [6.45, 7) is 5.59. The molecule has 0 bridgehead atoms. The van der Waals surface area contributed by atoms with Gasteiger partial charge in [0.1, 0.15) is 5.82 Å². The fourth-order valence-corrected chi connectivity index (χ4v) is 3.74. The summed E-state index contributed by atoms with van der Waals surface area (Å²) in [6, 6.07) is 13.5. The van der Waals surface area contributed by atoms with Crippen molar-refractivity contribution in [1.82, 2.24) is 10.2 Å². The minimum absolute atomic E-state index is 0.293. The molecule has 1 unspecified atom stereocenters. The molecule has 1 fully saturated rings. The number of likely N-dealkylation sites (N-methyl/N-ethyl adjacent to an activating group) is 1. The molecule has 0 saturated carbocycles. The smallest absolute Gasteiger partial charge is 0.316 e. The highest BCUT2D eigenvalue weighted by Crippen LogP contribution is 2.19. The average molecular weight is 397 g/mol. The lowest BCUT2D eigenvalue weighted by Crippen LogP contribution is -2.41. The van der Waals surface area contributed by atoms with Crippen molar-refractivity contribution in [2.24, 2.45) is 5.92 Å². The van der Waals surface area contributed by atoms with E-state index in [2.05, 4.69) is 23.2 Å². The van der Waals surface area contributed by atoms with E-state index in [0.29, 0.717) is 18.2 Å². The van der Waals surface area contributed by atoms with Crippen LogP contribution in [0.5, 0.6) is 0 Å². The number of carbonyl (C=O) groups is 2. The lowest BCUT2D eigenvalue weighted by Gasteiger charge is -2.31. The predicted octanol–water partition coefficient (Wildman–Crippen LogP) is 3.34. The zero-order valence-electron chi connectivity index (χ0n) is 17.0. The van der Waals surface area contributed by atoms with Crippen molar-refractivity contribution in [3.8, 4) is 0 Å². The number of halogens is 1. The van der Waals surface area contributed by atoms with E-state index < -0.39 is 17.6 Å². The maximum Gasteiger partial charge on any atom is 0.316 e. The van der Waals surface area contributed by atoms with Crippen LogP contribution in [0.15, 0.2) is 48.5 Å². The number of hydrogen-bond donors (Lipinski definition) is 1. The van der Waals surface area contributed by atoms with Crippen molar-refractivity contribution in [3.05, 3.63) is 65.5 Å². The van der Waals surface area contributed by atoms with Crippen LogP contribution in [0.2, 0.25) is 0 Å². The summed E-state index contributed by atoms with van der Waals surface area (Å²) < 4.78 is 13.1. The van der Waals surface area contributed by atoms with Crippen LogP contribution in [0, 0.1) is 11.7 Å². The van der Waals surface area contributed by atoms with Gasteiger partial charge in [-0.05, 0) is 60.7 Å². The fraction of sp³-hybridized carbons (Fsp3) is 0.391. The third-order valence-corrected chi connectivity index (χ3v) is 5.41. The first kappa shape index (κ1) is 21.0. The number of likely N-dealkylation sites (tertiary alicyclic amines) is 1. The standard InChI is InChI=1S/C23H28FN3O2/c1-17-6-5-13-27(15-17)16-19-8-4-3-7-18(19)14-25-22(28)23(29)26(2)21-11-9-20(24)10-12-21/h3-4,7-12,17H,5-6,13-16H2,1-2H3,(H,25,28). The quantitative estimate of drug-likeness (QED) is 0.788. The topological polar surface area (TPSA) is 52.7 Å². The summed E-state index contributed by atoms with van der Waals surface area (Å²) >= 11 is 0. The van der Waals surface area contributed by atoms with E-state index in [1.54, 1.807) is 0 Å². The Morgan fingerprint density at radius 3 is 2.52 bits per heavy atom. The van der Waals surface area contributed by atoms with Crippen LogP contribution in [0.25, 0.3) is 0 Å². The molecule has 3 rings (SSSR count). The van der Waals surface area contributed by atoms with Crippen molar-refractivity contribution in [3.63, 3.8) is 0 Å².